The molecule has 144 valence electrons. The number of aromatic hydroxyl groups is 1. The number of benzene rings is 1. The van der Waals surface area contributed by atoms with E-state index < -0.39 is 11.6 Å². The lowest BCUT2D eigenvalue weighted by atomic mass is 10.1. The molecule has 8 heteroatoms. The Balaban J connectivity index is 1.47. The van der Waals surface area contributed by atoms with Gasteiger partial charge >= 0.3 is 11.6 Å². The predicted octanol–water partition coefficient (Wildman–Crippen LogP) is 2.09. The maximum Gasteiger partial charge on any atom is 0.340 e. The molecule has 1 N–H and O–H groups in total. The summed E-state index contributed by atoms with van der Waals surface area (Å²) < 4.78 is 15.7. The molecule has 2 aromatic heterocycles. The van der Waals surface area contributed by atoms with Gasteiger partial charge in [-0.05, 0) is 24.3 Å². The van der Waals surface area contributed by atoms with Crippen LogP contribution in [0, 0.1) is 0 Å². The number of aromatic nitrogens is 1. The van der Waals surface area contributed by atoms with Gasteiger partial charge in [-0.1, -0.05) is 0 Å². The number of anilines is 1. The van der Waals surface area contributed by atoms with Gasteiger partial charge in [0.25, 0.3) is 0 Å². The molecule has 3 aromatic rings. The number of rotatable bonds is 4. The molecule has 0 unspecified atom stereocenters. The van der Waals surface area contributed by atoms with Crippen LogP contribution in [0.3, 0.4) is 0 Å². The van der Waals surface area contributed by atoms with Crippen molar-refractivity contribution in [2.75, 3.05) is 31.2 Å². The second-order valence-corrected chi connectivity index (χ2v) is 6.35. The van der Waals surface area contributed by atoms with Gasteiger partial charge in [-0.2, -0.15) is 0 Å². The lowest BCUT2D eigenvalue weighted by Crippen LogP contribution is -2.36. The second kappa shape index (κ2) is 7.69. The third-order valence-electron chi connectivity index (χ3n) is 4.49. The minimum absolute atomic E-state index is 0.0174. The van der Waals surface area contributed by atoms with Gasteiger partial charge in [0.05, 0.1) is 18.8 Å². The lowest BCUT2D eigenvalue weighted by Gasteiger charge is -2.27. The summed E-state index contributed by atoms with van der Waals surface area (Å²) in [5, 5.41) is 10.1. The first kappa shape index (κ1) is 18.0. The normalized spacial score (nSPS) is 14.2. The molecule has 1 fully saturated rings. The number of morpholine rings is 1. The van der Waals surface area contributed by atoms with E-state index in [1.165, 1.54) is 24.4 Å². The molecule has 0 bridgehead atoms. The van der Waals surface area contributed by atoms with Crippen LogP contribution in [0.5, 0.6) is 5.75 Å². The molecule has 0 saturated carbocycles. The zero-order valence-corrected chi connectivity index (χ0v) is 15.0. The molecule has 0 atom stereocenters. The molecule has 1 aromatic carbocycles. The Kier molecular flexibility index (Phi) is 4.94. The smallest absolute Gasteiger partial charge is 0.340 e. The predicted molar refractivity (Wildman–Crippen MR) is 101 cm³/mol. The fourth-order valence-electron chi connectivity index (χ4n) is 3.05. The third kappa shape index (κ3) is 3.81. The van der Waals surface area contributed by atoms with Crippen LogP contribution < -0.4 is 10.5 Å². The van der Waals surface area contributed by atoms with E-state index in [1.54, 1.807) is 18.2 Å². The number of esters is 1. The average Bonchev–Trinajstić information content (AvgIpc) is 2.72. The summed E-state index contributed by atoms with van der Waals surface area (Å²) >= 11 is 0. The molecule has 0 radical (unpaired) electrons. The van der Waals surface area contributed by atoms with E-state index >= 15 is 0 Å². The first-order chi connectivity index (χ1) is 13.6. The Morgan fingerprint density at radius 3 is 2.75 bits per heavy atom. The number of phenolic OH excluding ortho intramolecular Hbond substituents is 1. The van der Waals surface area contributed by atoms with Gasteiger partial charge in [0.1, 0.15) is 23.8 Å². The lowest BCUT2D eigenvalue weighted by molar-refractivity contribution is 0.0473. The SMILES string of the molecule is O=C(OCc1cc(=O)oc2cc(O)ccc12)c1ccc(N2CCOCC2)nc1. The molecule has 1 aliphatic rings. The highest BCUT2D eigenvalue weighted by Gasteiger charge is 2.15. The first-order valence-electron chi connectivity index (χ1n) is 8.82. The van der Waals surface area contributed by atoms with Crippen LogP contribution in [0.4, 0.5) is 5.82 Å². The summed E-state index contributed by atoms with van der Waals surface area (Å²) in [6.07, 6.45) is 1.47. The van der Waals surface area contributed by atoms with E-state index in [0.29, 0.717) is 29.7 Å². The van der Waals surface area contributed by atoms with Crippen LogP contribution >= 0.6 is 0 Å². The molecule has 8 nitrogen and oxygen atoms in total. The Morgan fingerprint density at radius 2 is 2.00 bits per heavy atom. The summed E-state index contributed by atoms with van der Waals surface area (Å²) in [6, 6.07) is 9.13. The highest BCUT2D eigenvalue weighted by atomic mass is 16.5. The highest BCUT2D eigenvalue weighted by molar-refractivity contribution is 5.89. The van der Waals surface area contributed by atoms with Gasteiger partial charge in [-0.15, -0.1) is 0 Å². The number of phenols is 1. The standard InChI is InChI=1S/C20H18N2O6/c23-15-2-3-16-14(9-19(24)28-17(16)10-15)12-27-20(25)13-1-4-18(21-11-13)22-5-7-26-8-6-22/h1-4,9-11,23H,5-8,12H2. The number of carbonyl (C=O) groups excluding carboxylic acids is 1. The fourth-order valence-corrected chi connectivity index (χ4v) is 3.05. The molecule has 0 spiro atoms. The Bertz CT molecular complexity index is 1050. The molecule has 3 heterocycles. The maximum absolute atomic E-state index is 12.3. The summed E-state index contributed by atoms with van der Waals surface area (Å²) in [6.45, 7) is 2.73. The van der Waals surface area contributed by atoms with Crippen LogP contribution in [-0.4, -0.2) is 42.4 Å². The van der Waals surface area contributed by atoms with Gasteiger partial charge in [0.2, 0.25) is 0 Å². The molecule has 0 amide bonds. The van der Waals surface area contributed by atoms with E-state index in [1.807, 2.05) is 0 Å². The number of hydrogen-bond donors (Lipinski definition) is 1. The average molecular weight is 382 g/mol. The monoisotopic (exact) mass is 382 g/mol. The van der Waals surface area contributed by atoms with Crippen LogP contribution in [0.15, 0.2) is 51.8 Å². The zero-order valence-electron chi connectivity index (χ0n) is 15.0. The van der Waals surface area contributed by atoms with Gasteiger partial charge in [0.15, 0.2) is 0 Å². The number of nitrogens with zero attached hydrogens (tertiary/aromatic N) is 2. The minimum Gasteiger partial charge on any atom is -0.508 e. The van der Waals surface area contributed by atoms with Crippen LogP contribution in [0.1, 0.15) is 15.9 Å². The van der Waals surface area contributed by atoms with Crippen LogP contribution in [0.25, 0.3) is 11.0 Å². The van der Waals surface area contributed by atoms with Crippen LogP contribution in [-0.2, 0) is 16.1 Å². The fraction of sp³-hybridized carbons (Fsp3) is 0.250. The van der Waals surface area contributed by atoms with Crippen molar-refractivity contribution in [1.29, 1.82) is 0 Å². The van der Waals surface area contributed by atoms with Crippen molar-refractivity contribution in [3.8, 4) is 5.75 Å². The zero-order chi connectivity index (χ0) is 19.5. The molecule has 0 aliphatic carbocycles. The van der Waals surface area contributed by atoms with E-state index in [2.05, 4.69) is 9.88 Å². The van der Waals surface area contributed by atoms with Crippen molar-refractivity contribution in [3.63, 3.8) is 0 Å². The quantitative estimate of drug-likeness (QED) is 0.541. The van der Waals surface area contributed by atoms with Gasteiger partial charge < -0.3 is 23.9 Å². The number of pyridine rings is 1. The molecule has 1 saturated heterocycles. The third-order valence-corrected chi connectivity index (χ3v) is 4.49. The Hall–Kier alpha value is -3.39. The maximum atomic E-state index is 12.3. The topological polar surface area (TPSA) is 102 Å². The van der Waals surface area contributed by atoms with E-state index in [9.17, 15) is 14.7 Å². The highest BCUT2D eigenvalue weighted by Crippen LogP contribution is 2.22. The van der Waals surface area contributed by atoms with E-state index in [4.69, 9.17) is 13.9 Å². The van der Waals surface area contributed by atoms with Gasteiger partial charge in [-0.3, -0.25) is 0 Å². The van der Waals surface area contributed by atoms with Crippen molar-refractivity contribution in [1.82, 2.24) is 4.98 Å². The van der Waals surface area contributed by atoms with Crippen LogP contribution in [0.2, 0.25) is 0 Å². The van der Waals surface area contributed by atoms with Crippen molar-refractivity contribution < 1.29 is 23.8 Å². The van der Waals surface area contributed by atoms with Gasteiger partial charge in [0, 0.05) is 42.4 Å². The largest absolute Gasteiger partial charge is 0.508 e. The van der Waals surface area contributed by atoms with Crippen molar-refractivity contribution in [3.05, 3.63) is 64.1 Å². The van der Waals surface area contributed by atoms with Gasteiger partial charge in [-0.25, -0.2) is 14.6 Å². The molecule has 1 aliphatic heterocycles. The summed E-state index contributed by atoms with van der Waals surface area (Å²) in [5.41, 5.74) is 0.468. The summed E-state index contributed by atoms with van der Waals surface area (Å²) in [7, 11) is 0. The van der Waals surface area contributed by atoms with Crippen molar-refractivity contribution in [2.45, 2.75) is 6.61 Å². The second-order valence-electron chi connectivity index (χ2n) is 6.35. The first-order valence-corrected chi connectivity index (χ1v) is 8.82. The number of ether oxygens (including phenoxy) is 2. The number of carbonyl (C=O) groups is 1. The van der Waals surface area contributed by atoms with E-state index in [0.717, 1.165) is 18.9 Å². The molecule has 4 rings (SSSR count). The minimum atomic E-state index is -0.583. The number of hydrogen-bond acceptors (Lipinski definition) is 8. The Morgan fingerprint density at radius 1 is 1.18 bits per heavy atom. The van der Waals surface area contributed by atoms with Crippen molar-refractivity contribution >= 4 is 22.8 Å². The molecular weight excluding hydrogens is 364 g/mol. The number of fused-ring (bicyclic) bond motifs is 1. The Labute approximate surface area is 159 Å². The molecular formula is C20H18N2O6. The molecule has 28 heavy (non-hydrogen) atoms. The summed E-state index contributed by atoms with van der Waals surface area (Å²) in [4.78, 5) is 30.5. The summed E-state index contributed by atoms with van der Waals surface area (Å²) in [5.74, 6) is 0.226. The van der Waals surface area contributed by atoms with Crippen molar-refractivity contribution in [2.24, 2.45) is 0 Å². The van der Waals surface area contributed by atoms with E-state index in [-0.39, 0.29) is 17.9 Å².